The average Bonchev–Trinajstić information content (AvgIpc) is 2.37. The van der Waals surface area contributed by atoms with Crippen molar-refractivity contribution in [1.29, 1.82) is 5.26 Å². The first-order valence-corrected chi connectivity index (χ1v) is 5.15. The van der Waals surface area contributed by atoms with Crippen molar-refractivity contribution in [2.45, 2.75) is 6.18 Å². The predicted octanol–water partition coefficient (Wildman–Crippen LogP) is 3.78. The van der Waals surface area contributed by atoms with Crippen LogP contribution < -0.4 is 0 Å². The van der Waals surface area contributed by atoms with Gasteiger partial charge in [0.1, 0.15) is 17.6 Å². The third-order valence-electron chi connectivity index (χ3n) is 2.48. The summed E-state index contributed by atoms with van der Waals surface area (Å²) >= 11 is 0. The fourth-order valence-corrected chi connectivity index (χ4v) is 1.71. The van der Waals surface area contributed by atoms with Gasteiger partial charge in [-0.25, -0.2) is 9.37 Å². The second-order valence-electron chi connectivity index (χ2n) is 3.70. The van der Waals surface area contributed by atoms with E-state index in [9.17, 15) is 17.6 Å². The number of hydrogen-bond donors (Lipinski definition) is 0. The second kappa shape index (κ2) is 4.69. The van der Waals surface area contributed by atoms with E-state index < -0.39 is 17.6 Å². The van der Waals surface area contributed by atoms with Crippen molar-refractivity contribution in [2.24, 2.45) is 0 Å². The van der Waals surface area contributed by atoms with Crippen LogP contribution in [0.5, 0.6) is 0 Å². The Bertz CT molecular complexity index is 656. The minimum atomic E-state index is -4.81. The van der Waals surface area contributed by atoms with Gasteiger partial charge in [-0.05, 0) is 29.3 Å². The Morgan fingerprint density at radius 3 is 2.53 bits per heavy atom. The van der Waals surface area contributed by atoms with Crippen LogP contribution >= 0.6 is 0 Å². The van der Waals surface area contributed by atoms with Crippen LogP contribution in [0.1, 0.15) is 11.3 Å². The molecule has 0 fully saturated rings. The number of nitrogens with zero attached hydrogens (tertiary/aromatic N) is 2. The number of pyridine rings is 1. The summed E-state index contributed by atoms with van der Waals surface area (Å²) < 4.78 is 52.0. The van der Waals surface area contributed by atoms with Gasteiger partial charge in [0.15, 0.2) is 0 Å². The normalized spacial score (nSPS) is 11.1. The van der Waals surface area contributed by atoms with Crippen molar-refractivity contribution < 1.29 is 17.6 Å². The van der Waals surface area contributed by atoms with Crippen LogP contribution in [0.3, 0.4) is 0 Å². The minimum absolute atomic E-state index is 0.0325. The lowest BCUT2D eigenvalue weighted by Crippen LogP contribution is -2.10. The highest BCUT2D eigenvalue weighted by Crippen LogP contribution is 2.38. The van der Waals surface area contributed by atoms with E-state index >= 15 is 0 Å². The van der Waals surface area contributed by atoms with Crippen LogP contribution in [-0.2, 0) is 6.18 Å². The van der Waals surface area contributed by atoms with Gasteiger partial charge in [-0.2, -0.15) is 18.4 Å². The first-order chi connectivity index (χ1) is 8.93. The number of halogens is 4. The zero-order valence-electron chi connectivity index (χ0n) is 9.37. The van der Waals surface area contributed by atoms with Gasteiger partial charge >= 0.3 is 6.18 Å². The van der Waals surface area contributed by atoms with E-state index in [1.54, 1.807) is 6.07 Å². The van der Waals surface area contributed by atoms with Crippen molar-refractivity contribution in [3.63, 3.8) is 0 Å². The van der Waals surface area contributed by atoms with E-state index in [0.29, 0.717) is 0 Å². The fourth-order valence-electron chi connectivity index (χ4n) is 1.71. The summed E-state index contributed by atoms with van der Waals surface area (Å²) in [6.07, 6.45) is -3.60. The number of rotatable bonds is 1. The van der Waals surface area contributed by atoms with E-state index in [0.717, 1.165) is 12.1 Å². The van der Waals surface area contributed by atoms with Gasteiger partial charge in [0.25, 0.3) is 0 Å². The molecule has 0 unspecified atom stereocenters. The summed E-state index contributed by atoms with van der Waals surface area (Å²) in [5.74, 6) is -1.35. The SMILES string of the molecule is N#Cc1cc(-c2cccc(F)c2C(F)(F)F)ccn1. The molecule has 0 saturated carbocycles. The van der Waals surface area contributed by atoms with Crippen LogP contribution in [0.25, 0.3) is 11.1 Å². The molecular weight excluding hydrogens is 260 g/mol. The Morgan fingerprint density at radius 2 is 1.89 bits per heavy atom. The molecule has 0 aliphatic rings. The Kier molecular flexibility index (Phi) is 3.21. The molecule has 2 rings (SSSR count). The summed E-state index contributed by atoms with van der Waals surface area (Å²) in [5.41, 5.74) is -1.59. The molecular formula is C13H6F4N2. The Balaban J connectivity index is 2.69. The van der Waals surface area contributed by atoms with E-state index in [4.69, 9.17) is 5.26 Å². The minimum Gasteiger partial charge on any atom is -0.246 e. The number of alkyl halides is 3. The number of benzene rings is 1. The maximum absolute atomic E-state index is 13.4. The Hall–Kier alpha value is -2.42. The highest BCUT2D eigenvalue weighted by Gasteiger charge is 2.37. The van der Waals surface area contributed by atoms with E-state index in [1.807, 2.05) is 0 Å². The first-order valence-electron chi connectivity index (χ1n) is 5.15. The molecule has 0 radical (unpaired) electrons. The fraction of sp³-hybridized carbons (Fsp3) is 0.0769. The van der Waals surface area contributed by atoms with Crippen LogP contribution in [0, 0.1) is 17.1 Å². The molecule has 0 atom stereocenters. The van der Waals surface area contributed by atoms with Crippen molar-refractivity contribution in [3.05, 3.63) is 53.6 Å². The molecule has 96 valence electrons. The topological polar surface area (TPSA) is 36.7 Å². The number of aromatic nitrogens is 1. The smallest absolute Gasteiger partial charge is 0.246 e. The number of nitriles is 1. The van der Waals surface area contributed by atoms with Crippen molar-refractivity contribution in [1.82, 2.24) is 4.98 Å². The van der Waals surface area contributed by atoms with Gasteiger partial charge in [0, 0.05) is 6.20 Å². The summed E-state index contributed by atoms with van der Waals surface area (Å²) in [7, 11) is 0. The number of hydrogen-bond acceptors (Lipinski definition) is 2. The van der Waals surface area contributed by atoms with Crippen molar-refractivity contribution >= 4 is 0 Å². The maximum atomic E-state index is 13.4. The lowest BCUT2D eigenvalue weighted by Gasteiger charge is -2.13. The molecule has 2 aromatic rings. The molecule has 0 spiro atoms. The van der Waals surface area contributed by atoms with E-state index in [-0.39, 0.29) is 16.8 Å². The lowest BCUT2D eigenvalue weighted by molar-refractivity contribution is -0.139. The average molecular weight is 266 g/mol. The molecule has 0 saturated heterocycles. The molecule has 0 N–H and O–H groups in total. The highest BCUT2D eigenvalue weighted by molar-refractivity contribution is 5.68. The lowest BCUT2D eigenvalue weighted by atomic mass is 9.99. The van der Waals surface area contributed by atoms with E-state index in [2.05, 4.69) is 4.98 Å². The molecule has 1 aromatic heterocycles. The molecule has 6 heteroatoms. The van der Waals surface area contributed by atoms with Crippen LogP contribution in [0.2, 0.25) is 0 Å². The standard InChI is InChI=1S/C13H6F4N2/c14-11-3-1-2-10(12(11)13(15,16)17)8-4-5-19-9(6-8)7-18/h1-6H. The van der Waals surface area contributed by atoms with Gasteiger partial charge < -0.3 is 0 Å². The highest BCUT2D eigenvalue weighted by atomic mass is 19.4. The quantitative estimate of drug-likeness (QED) is 0.736. The summed E-state index contributed by atoms with van der Waals surface area (Å²) in [5, 5.41) is 8.68. The Labute approximate surface area is 105 Å². The second-order valence-corrected chi connectivity index (χ2v) is 3.70. The van der Waals surface area contributed by atoms with Crippen LogP contribution in [0.15, 0.2) is 36.5 Å². The largest absolute Gasteiger partial charge is 0.419 e. The monoisotopic (exact) mass is 266 g/mol. The van der Waals surface area contributed by atoms with Gasteiger partial charge in [-0.3, -0.25) is 0 Å². The first kappa shape index (κ1) is 13.0. The predicted molar refractivity (Wildman–Crippen MR) is 59.3 cm³/mol. The molecule has 1 aromatic carbocycles. The molecule has 0 amide bonds. The molecule has 1 heterocycles. The molecule has 0 aliphatic heterocycles. The van der Waals surface area contributed by atoms with Crippen LogP contribution in [0.4, 0.5) is 17.6 Å². The molecule has 2 nitrogen and oxygen atoms in total. The summed E-state index contributed by atoms with van der Waals surface area (Å²) in [6, 6.07) is 7.30. The molecule has 0 bridgehead atoms. The zero-order valence-corrected chi connectivity index (χ0v) is 9.37. The third kappa shape index (κ3) is 2.55. The van der Waals surface area contributed by atoms with E-state index in [1.165, 1.54) is 24.4 Å². The third-order valence-corrected chi connectivity index (χ3v) is 2.48. The van der Waals surface area contributed by atoms with Gasteiger partial charge in [-0.1, -0.05) is 12.1 Å². The summed E-state index contributed by atoms with van der Waals surface area (Å²) in [6.45, 7) is 0. The maximum Gasteiger partial charge on any atom is 0.419 e. The summed E-state index contributed by atoms with van der Waals surface area (Å²) in [4.78, 5) is 3.66. The van der Waals surface area contributed by atoms with Crippen molar-refractivity contribution in [3.8, 4) is 17.2 Å². The van der Waals surface area contributed by atoms with Crippen molar-refractivity contribution in [2.75, 3.05) is 0 Å². The van der Waals surface area contributed by atoms with Gasteiger partial charge in [0.05, 0.1) is 5.56 Å². The zero-order chi connectivity index (χ0) is 14.0. The Morgan fingerprint density at radius 1 is 1.16 bits per heavy atom. The molecule has 0 aliphatic carbocycles. The van der Waals surface area contributed by atoms with Gasteiger partial charge in [0.2, 0.25) is 0 Å². The van der Waals surface area contributed by atoms with Gasteiger partial charge in [-0.15, -0.1) is 0 Å². The molecule has 19 heavy (non-hydrogen) atoms. The van der Waals surface area contributed by atoms with Crippen LogP contribution in [-0.4, -0.2) is 4.98 Å².